The van der Waals surface area contributed by atoms with E-state index < -0.39 is 5.97 Å². The highest BCUT2D eigenvalue weighted by Gasteiger charge is 2.19. The Morgan fingerprint density at radius 2 is 1.95 bits per heavy atom. The smallest absolute Gasteiger partial charge is 0.330 e. The molecule has 1 aromatic rings. The number of carbonyl (C=O) groups is 3. The van der Waals surface area contributed by atoms with Crippen molar-refractivity contribution in [3.8, 4) is 0 Å². The van der Waals surface area contributed by atoms with Crippen molar-refractivity contribution in [1.29, 1.82) is 0 Å². The highest BCUT2D eigenvalue weighted by atomic mass is 16.5. The van der Waals surface area contributed by atoms with E-state index in [2.05, 4.69) is 15.0 Å². The lowest BCUT2D eigenvalue weighted by molar-refractivity contribution is -0.134. The summed E-state index contributed by atoms with van der Waals surface area (Å²) in [5.74, 6) is -0.890. The van der Waals surface area contributed by atoms with E-state index >= 15 is 0 Å². The molecule has 0 spiro atoms. The number of aromatic amines is 1. The van der Waals surface area contributed by atoms with Crippen LogP contribution >= 0.6 is 0 Å². The number of esters is 1. The molecule has 6 heteroatoms. The van der Waals surface area contributed by atoms with Crippen LogP contribution < -0.4 is 5.32 Å². The van der Waals surface area contributed by atoms with Crippen molar-refractivity contribution in [3.05, 3.63) is 34.7 Å². The van der Waals surface area contributed by atoms with Crippen LogP contribution in [0.3, 0.4) is 0 Å². The van der Waals surface area contributed by atoms with Gasteiger partial charge in [-0.15, -0.1) is 0 Å². The minimum absolute atomic E-state index is 0.0825. The normalized spacial score (nSPS) is 10.6. The molecule has 0 radical (unpaired) electrons. The van der Waals surface area contributed by atoms with Crippen LogP contribution in [0.15, 0.2) is 12.2 Å². The minimum atomic E-state index is -0.481. The van der Waals surface area contributed by atoms with Gasteiger partial charge in [0.15, 0.2) is 5.78 Å². The predicted molar refractivity (Wildman–Crippen MR) is 73.8 cm³/mol. The lowest BCUT2D eigenvalue weighted by Crippen LogP contribution is -2.24. The van der Waals surface area contributed by atoms with Gasteiger partial charge in [0.25, 0.3) is 5.91 Å². The van der Waals surface area contributed by atoms with Crippen LogP contribution in [-0.2, 0) is 9.53 Å². The highest BCUT2D eigenvalue weighted by molar-refractivity contribution is 6.02. The van der Waals surface area contributed by atoms with E-state index in [9.17, 15) is 14.4 Å². The number of nitrogens with one attached hydrogen (secondary N) is 2. The Hall–Kier alpha value is -2.37. The highest BCUT2D eigenvalue weighted by Crippen LogP contribution is 2.18. The second-order valence-electron chi connectivity index (χ2n) is 4.32. The lowest BCUT2D eigenvalue weighted by atomic mass is 10.1. The maximum absolute atomic E-state index is 12.0. The van der Waals surface area contributed by atoms with Crippen molar-refractivity contribution in [1.82, 2.24) is 10.3 Å². The number of Topliss-reactive ketones (excluding diaryl/α,β-unsaturated/α-hetero) is 1. The standard InChI is InChI=1S/C14H18N2O4/c1-8-12(10(3)17)9(2)16-13(8)14(19)15-7-5-6-11(18)20-4/h5-6,16H,7H2,1-4H3,(H,15,19)/b6-5+. The second kappa shape index (κ2) is 6.70. The Labute approximate surface area is 117 Å². The van der Waals surface area contributed by atoms with E-state index in [1.807, 2.05) is 0 Å². The third-order valence-corrected chi connectivity index (χ3v) is 2.85. The van der Waals surface area contributed by atoms with Crippen molar-refractivity contribution in [2.24, 2.45) is 0 Å². The first-order valence-electron chi connectivity index (χ1n) is 6.11. The third-order valence-electron chi connectivity index (χ3n) is 2.85. The maximum atomic E-state index is 12.0. The summed E-state index contributed by atoms with van der Waals surface area (Å²) in [5.41, 5.74) is 2.20. The molecule has 0 saturated carbocycles. The molecular weight excluding hydrogens is 260 g/mol. The number of aryl methyl sites for hydroxylation is 1. The molecule has 0 bridgehead atoms. The molecule has 0 fully saturated rings. The molecule has 108 valence electrons. The van der Waals surface area contributed by atoms with Gasteiger partial charge < -0.3 is 15.0 Å². The fourth-order valence-corrected chi connectivity index (χ4v) is 1.97. The van der Waals surface area contributed by atoms with Gasteiger partial charge in [0.1, 0.15) is 5.69 Å². The lowest BCUT2D eigenvalue weighted by Gasteiger charge is -2.01. The Morgan fingerprint density at radius 1 is 1.30 bits per heavy atom. The molecule has 0 unspecified atom stereocenters. The maximum Gasteiger partial charge on any atom is 0.330 e. The molecule has 20 heavy (non-hydrogen) atoms. The van der Waals surface area contributed by atoms with Crippen LogP contribution in [0, 0.1) is 13.8 Å². The molecule has 0 atom stereocenters. The first-order chi connectivity index (χ1) is 9.38. The van der Waals surface area contributed by atoms with E-state index in [-0.39, 0.29) is 18.2 Å². The van der Waals surface area contributed by atoms with E-state index in [1.165, 1.54) is 26.2 Å². The van der Waals surface area contributed by atoms with Crippen LogP contribution in [0.25, 0.3) is 0 Å². The van der Waals surface area contributed by atoms with Crippen LogP contribution in [0.5, 0.6) is 0 Å². The molecule has 0 saturated heterocycles. The van der Waals surface area contributed by atoms with Crippen molar-refractivity contribution in [2.45, 2.75) is 20.8 Å². The molecule has 1 heterocycles. The average Bonchev–Trinajstić information content (AvgIpc) is 2.69. The van der Waals surface area contributed by atoms with Crippen LogP contribution in [0.2, 0.25) is 0 Å². The second-order valence-corrected chi connectivity index (χ2v) is 4.32. The fraction of sp³-hybridized carbons (Fsp3) is 0.357. The number of hydrogen-bond acceptors (Lipinski definition) is 4. The van der Waals surface area contributed by atoms with Gasteiger partial charge in [0.2, 0.25) is 0 Å². The van der Waals surface area contributed by atoms with E-state index in [0.29, 0.717) is 22.5 Å². The fourth-order valence-electron chi connectivity index (χ4n) is 1.97. The van der Waals surface area contributed by atoms with Crippen molar-refractivity contribution < 1.29 is 19.1 Å². The molecule has 0 aliphatic heterocycles. The van der Waals surface area contributed by atoms with Gasteiger partial charge in [-0.25, -0.2) is 4.79 Å². The number of methoxy groups -OCH3 is 1. The van der Waals surface area contributed by atoms with Crippen molar-refractivity contribution >= 4 is 17.7 Å². The molecule has 1 amide bonds. The Morgan fingerprint density at radius 3 is 2.45 bits per heavy atom. The van der Waals surface area contributed by atoms with Gasteiger partial charge >= 0.3 is 5.97 Å². The number of hydrogen-bond donors (Lipinski definition) is 2. The van der Waals surface area contributed by atoms with Gasteiger partial charge in [-0.3, -0.25) is 9.59 Å². The largest absolute Gasteiger partial charge is 0.466 e. The van der Waals surface area contributed by atoms with Crippen molar-refractivity contribution in [2.75, 3.05) is 13.7 Å². The van der Waals surface area contributed by atoms with Gasteiger partial charge in [0, 0.05) is 23.9 Å². The molecule has 0 aliphatic rings. The summed E-state index contributed by atoms with van der Waals surface area (Å²) in [5, 5.41) is 2.62. The average molecular weight is 278 g/mol. The number of aromatic nitrogens is 1. The Balaban J connectivity index is 2.74. The van der Waals surface area contributed by atoms with Crippen LogP contribution in [0.1, 0.15) is 39.0 Å². The van der Waals surface area contributed by atoms with E-state index in [0.717, 1.165) is 0 Å². The zero-order chi connectivity index (χ0) is 15.3. The first-order valence-corrected chi connectivity index (χ1v) is 6.11. The summed E-state index contributed by atoms with van der Waals surface area (Å²) in [6.07, 6.45) is 2.72. The zero-order valence-corrected chi connectivity index (χ0v) is 12.0. The quantitative estimate of drug-likeness (QED) is 0.482. The summed E-state index contributed by atoms with van der Waals surface area (Å²) in [6.45, 7) is 5.13. The van der Waals surface area contributed by atoms with Gasteiger partial charge in [0.05, 0.1) is 7.11 Å². The Kier molecular flexibility index (Phi) is 5.25. The predicted octanol–water partition coefficient (Wildman–Crippen LogP) is 1.29. The molecule has 1 rings (SSSR count). The van der Waals surface area contributed by atoms with E-state index in [1.54, 1.807) is 13.8 Å². The molecule has 1 aromatic heterocycles. The molecule has 0 aliphatic carbocycles. The number of amides is 1. The van der Waals surface area contributed by atoms with E-state index in [4.69, 9.17) is 0 Å². The van der Waals surface area contributed by atoms with Gasteiger partial charge in [-0.05, 0) is 26.3 Å². The van der Waals surface area contributed by atoms with Crippen molar-refractivity contribution in [3.63, 3.8) is 0 Å². The monoisotopic (exact) mass is 278 g/mol. The summed E-state index contributed by atoms with van der Waals surface area (Å²) in [7, 11) is 1.28. The minimum Gasteiger partial charge on any atom is -0.466 e. The van der Waals surface area contributed by atoms with Gasteiger partial charge in [-0.2, -0.15) is 0 Å². The molecule has 2 N–H and O–H groups in total. The summed E-state index contributed by atoms with van der Waals surface area (Å²) in [6, 6.07) is 0. The molecule has 0 aromatic carbocycles. The Bertz CT molecular complexity index is 570. The summed E-state index contributed by atoms with van der Waals surface area (Å²) < 4.78 is 4.42. The number of ether oxygens (including phenoxy) is 1. The molecular formula is C14H18N2O4. The third kappa shape index (κ3) is 3.57. The summed E-state index contributed by atoms with van der Waals surface area (Å²) >= 11 is 0. The SMILES string of the molecule is COC(=O)/C=C/CNC(=O)c1[nH]c(C)c(C(C)=O)c1C. The number of rotatable bonds is 5. The molecule has 6 nitrogen and oxygen atoms in total. The number of H-pyrrole nitrogens is 1. The summed E-state index contributed by atoms with van der Waals surface area (Å²) in [4.78, 5) is 37.2. The number of ketones is 1. The first kappa shape index (κ1) is 15.7. The topological polar surface area (TPSA) is 88.3 Å². The van der Waals surface area contributed by atoms with Crippen LogP contribution in [-0.4, -0.2) is 36.3 Å². The zero-order valence-electron chi connectivity index (χ0n) is 12.0. The number of carbonyl (C=O) groups excluding carboxylic acids is 3. The van der Waals surface area contributed by atoms with Crippen LogP contribution in [0.4, 0.5) is 0 Å². The van der Waals surface area contributed by atoms with Gasteiger partial charge in [-0.1, -0.05) is 6.08 Å².